The summed E-state index contributed by atoms with van der Waals surface area (Å²) in [5.74, 6) is 0.301. The van der Waals surface area contributed by atoms with Crippen LogP contribution in [0.15, 0.2) is 22.7 Å². The lowest BCUT2D eigenvalue weighted by Gasteiger charge is -2.24. The van der Waals surface area contributed by atoms with E-state index < -0.39 is 0 Å². The van der Waals surface area contributed by atoms with Gasteiger partial charge in [-0.05, 0) is 43.0 Å². The van der Waals surface area contributed by atoms with Crippen LogP contribution in [0.1, 0.15) is 33.3 Å². The fraction of sp³-hybridized carbons (Fsp3) is 0.571. The van der Waals surface area contributed by atoms with Gasteiger partial charge in [0.25, 0.3) is 0 Å². The van der Waals surface area contributed by atoms with Crippen molar-refractivity contribution in [1.82, 2.24) is 5.32 Å². The molecule has 17 heavy (non-hydrogen) atoms. The minimum absolute atomic E-state index is 0.167. The second kappa shape index (κ2) is 6.50. The van der Waals surface area contributed by atoms with Crippen LogP contribution in [0.5, 0.6) is 0 Å². The van der Waals surface area contributed by atoms with Crippen LogP contribution in [-0.2, 0) is 6.42 Å². The zero-order chi connectivity index (χ0) is 13.0. The van der Waals surface area contributed by atoms with Gasteiger partial charge in [0.2, 0.25) is 0 Å². The highest BCUT2D eigenvalue weighted by molar-refractivity contribution is 9.10. The van der Waals surface area contributed by atoms with Crippen molar-refractivity contribution in [3.8, 4) is 0 Å². The number of hydrogen-bond acceptors (Lipinski definition) is 1. The molecule has 0 amide bonds. The maximum atomic E-state index is 13.2. The fourth-order valence-corrected chi connectivity index (χ4v) is 2.32. The van der Waals surface area contributed by atoms with E-state index in [0.29, 0.717) is 18.0 Å². The van der Waals surface area contributed by atoms with Gasteiger partial charge in [-0.1, -0.05) is 36.7 Å². The summed E-state index contributed by atoms with van der Waals surface area (Å²) in [6.07, 6.45) is 0.874. The molecule has 0 aliphatic carbocycles. The van der Waals surface area contributed by atoms with Gasteiger partial charge in [0, 0.05) is 16.6 Å². The number of halogens is 2. The van der Waals surface area contributed by atoms with Gasteiger partial charge in [-0.3, -0.25) is 0 Å². The lowest BCUT2D eigenvalue weighted by atomic mass is 9.94. The van der Waals surface area contributed by atoms with Crippen molar-refractivity contribution in [2.75, 3.05) is 0 Å². The Kier molecular flexibility index (Phi) is 5.60. The van der Waals surface area contributed by atoms with Crippen LogP contribution in [0.2, 0.25) is 0 Å². The Labute approximate surface area is 112 Å². The van der Waals surface area contributed by atoms with E-state index in [2.05, 4.69) is 48.9 Å². The van der Waals surface area contributed by atoms with E-state index in [9.17, 15) is 4.39 Å². The summed E-state index contributed by atoms with van der Waals surface area (Å²) in [4.78, 5) is 0. The first-order valence-electron chi connectivity index (χ1n) is 6.10. The Morgan fingerprint density at radius 1 is 1.24 bits per heavy atom. The Bertz CT molecular complexity index is 365. The Hall–Kier alpha value is -0.410. The monoisotopic (exact) mass is 301 g/mol. The highest BCUT2D eigenvalue weighted by atomic mass is 79.9. The molecule has 1 aromatic carbocycles. The van der Waals surface area contributed by atoms with Crippen molar-refractivity contribution in [2.45, 2.75) is 46.2 Å². The van der Waals surface area contributed by atoms with Crippen LogP contribution in [-0.4, -0.2) is 12.1 Å². The van der Waals surface area contributed by atoms with Crippen LogP contribution < -0.4 is 5.32 Å². The standard InChI is InChI=1S/C14H21BrFN/c1-9(2)17-11(4)10(3)7-12-8-13(16)5-6-14(12)15/h5-6,8-11,17H,7H2,1-4H3. The molecule has 0 spiro atoms. The van der Waals surface area contributed by atoms with Gasteiger partial charge in [-0.15, -0.1) is 0 Å². The number of rotatable bonds is 5. The van der Waals surface area contributed by atoms with E-state index in [4.69, 9.17) is 0 Å². The molecule has 0 aliphatic heterocycles. The molecule has 0 heterocycles. The van der Waals surface area contributed by atoms with Crippen LogP contribution in [0.3, 0.4) is 0 Å². The average molecular weight is 302 g/mol. The molecule has 3 heteroatoms. The predicted molar refractivity (Wildman–Crippen MR) is 74.7 cm³/mol. The van der Waals surface area contributed by atoms with E-state index in [1.54, 1.807) is 12.1 Å². The molecule has 0 saturated heterocycles. The van der Waals surface area contributed by atoms with E-state index >= 15 is 0 Å². The Balaban J connectivity index is 2.67. The minimum Gasteiger partial charge on any atom is -0.312 e. The van der Waals surface area contributed by atoms with E-state index in [1.165, 1.54) is 6.07 Å². The maximum absolute atomic E-state index is 13.2. The molecule has 0 aromatic heterocycles. The van der Waals surface area contributed by atoms with Crippen molar-refractivity contribution in [1.29, 1.82) is 0 Å². The molecule has 2 unspecified atom stereocenters. The number of nitrogens with one attached hydrogen (secondary N) is 1. The van der Waals surface area contributed by atoms with Gasteiger partial charge in [0.05, 0.1) is 0 Å². The molecule has 96 valence electrons. The van der Waals surface area contributed by atoms with Gasteiger partial charge in [-0.2, -0.15) is 0 Å². The molecule has 0 aliphatic rings. The number of hydrogen-bond donors (Lipinski definition) is 1. The molecule has 0 bridgehead atoms. The fourth-order valence-electron chi connectivity index (χ4n) is 1.91. The number of benzene rings is 1. The lowest BCUT2D eigenvalue weighted by Crippen LogP contribution is -2.37. The molecule has 1 aromatic rings. The van der Waals surface area contributed by atoms with Crippen LogP contribution in [0, 0.1) is 11.7 Å². The molecule has 2 atom stereocenters. The Morgan fingerprint density at radius 3 is 2.47 bits per heavy atom. The third-order valence-corrected chi connectivity index (χ3v) is 3.77. The zero-order valence-corrected chi connectivity index (χ0v) is 12.5. The third-order valence-electron chi connectivity index (χ3n) is 3.00. The molecule has 1 nitrogen and oxygen atoms in total. The topological polar surface area (TPSA) is 12.0 Å². The van der Waals surface area contributed by atoms with Gasteiger partial charge in [-0.25, -0.2) is 4.39 Å². The average Bonchev–Trinajstić information content (AvgIpc) is 2.22. The van der Waals surface area contributed by atoms with Gasteiger partial charge >= 0.3 is 0 Å². The first-order valence-corrected chi connectivity index (χ1v) is 6.89. The third kappa shape index (κ3) is 4.76. The summed E-state index contributed by atoms with van der Waals surface area (Å²) in [7, 11) is 0. The summed E-state index contributed by atoms with van der Waals surface area (Å²) in [6, 6.07) is 5.77. The molecular formula is C14H21BrFN. The normalized spacial score (nSPS) is 15.0. The Morgan fingerprint density at radius 2 is 1.88 bits per heavy atom. The molecule has 0 radical (unpaired) electrons. The van der Waals surface area contributed by atoms with Crippen molar-refractivity contribution >= 4 is 15.9 Å². The van der Waals surface area contributed by atoms with E-state index in [0.717, 1.165) is 16.5 Å². The van der Waals surface area contributed by atoms with E-state index in [-0.39, 0.29) is 5.82 Å². The highest BCUT2D eigenvalue weighted by Crippen LogP contribution is 2.22. The molecule has 0 fully saturated rings. The van der Waals surface area contributed by atoms with Crippen LogP contribution in [0.4, 0.5) is 4.39 Å². The lowest BCUT2D eigenvalue weighted by molar-refractivity contribution is 0.371. The highest BCUT2D eigenvalue weighted by Gasteiger charge is 2.15. The van der Waals surface area contributed by atoms with Crippen molar-refractivity contribution in [3.05, 3.63) is 34.1 Å². The molecule has 1 N–H and O–H groups in total. The summed E-state index contributed by atoms with van der Waals surface area (Å²) in [5.41, 5.74) is 1.04. The second-order valence-corrected chi connectivity index (χ2v) is 5.88. The summed E-state index contributed by atoms with van der Waals surface area (Å²) < 4.78 is 14.2. The van der Waals surface area contributed by atoms with Crippen LogP contribution in [0.25, 0.3) is 0 Å². The summed E-state index contributed by atoms with van der Waals surface area (Å²) >= 11 is 3.47. The van der Waals surface area contributed by atoms with E-state index in [1.807, 2.05) is 0 Å². The smallest absolute Gasteiger partial charge is 0.123 e. The minimum atomic E-state index is -0.167. The second-order valence-electron chi connectivity index (χ2n) is 5.03. The zero-order valence-electron chi connectivity index (χ0n) is 10.9. The summed E-state index contributed by atoms with van der Waals surface area (Å²) in [6.45, 7) is 8.65. The largest absolute Gasteiger partial charge is 0.312 e. The van der Waals surface area contributed by atoms with Crippen molar-refractivity contribution in [3.63, 3.8) is 0 Å². The van der Waals surface area contributed by atoms with Crippen LogP contribution >= 0.6 is 15.9 Å². The SMILES string of the molecule is CC(C)NC(C)C(C)Cc1cc(F)ccc1Br. The first-order chi connectivity index (χ1) is 7.90. The molecular weight excluding hydrogens is 281 g/mol. The van der Waals surface area contributed by atoms with Crippen molar-refractivity contribution < 1.29 is 4.39 Å². The maximum Gasteiger partial charge on any atom is 0.123 e. The van der Waals surface area contributed by atoms with Gasteiger partial charge in [0.1, 0.15) is 5.82 Å². The van der Waals surface area contributed by atoms with Gasteiger partial charge < -0.3 is 5.32 Å². The quantitative estimate of drug-likeness (QED) is 0.861. The first kappa shape index (κ1) is 14.7. The summed E-state index contributed by atoms with van der Waals surface area (Å²) in [5, 5.41) is 3.49. The molecule has 0 saturated carbocycles. The van der Waals surface area contributed by atoms with Gasteiger partial charge in [0.15, 0.2) is 0 Å². The predicted octanol–water partition coefficient (Wildman–Crippen LogP) is 4.15. The molecule has 1 rings (SSSR count). The van der Waals surface area contributed by atoms with Crippen molar-refractivity contribution in [2.24, 2.45) is 5.92 Å².